The Bertz CT molecular complexity index is 400. The third kappa shape index (κ3) is 3.43. The molecule has 18 heavy (non-hydrogen) atoms. The number of ether oxygens (including phenoxy) is 1. The number of rotatable bonds is 6. The van der Waals surface area contributed by atoms with Crippen LogP contribution in [0, 0.1) is 5.82 Å². The molecule has 0 bridgehead atoms. The molecule has 6 heteroatoms. The Morgan fingerprint density at radius 3 is 2.72 bits per heavy atom. The topological polar surface area (TPSA) is 67.5 Å². The second-order valence-corrected chi connectivity index (χ2v) is 5.04. The number of hydrogen-bond donors (Lipinski definition) is 3. The van der Waals surface area contributed by atoms with Crippen molar-refractivity contribution in [3.8, 4) is 5.75 Å². The normalized spacial score (nSPS) is 14.1. The fourth-order valence-corrected chi connectivity index (χ4v) is 2.26. The molecule has 0 amide bonds. The number of aliphatic hydroxyl groups excluding tert-OH is 1. The number of halogens is 1. The van der Waals surface area contributed by atoms with E-state index in [9.17, 15) is 9.50 Å². The first-order valence-corrected chi connectivity index (χ1v) is 6.85. The molecule has 1 rings (SSSR count). The van der Waals surface area contributed by atoms with Gasteiger partial charge in [0.1, 0.15) is 11.6 Å². The lowest BCUT2D eigenvalue weighted by atomic mass is 10.2. The first kappa shape index (κ1) is 14.9. The van der Waals surface area contributed by atoms with Crippen molar-refractivity contribution in [3.05, 3.63) is 17.9 Å². The predicted octanol–water partition coefficient (Wildman–Crippen LogP) is 1.94. The summed E-state index contributed by atoms with van der Waals surface area (Å²) in [6.07, 6.45) is 1.90. The van der Waals surface area contributed by atoms with E-state index in [2.05, 4.69) is 5.32 Å². The minimum absolute atomic E-state index is 0.00653. The van der Waals surface area contributed by atoms with Gasteiger partial charge in [0.15, 0.2) is 0 Å². The van der Waals surface area contributed by atoms with Crippen molar-refractivity contribution in [1.29, 1.82) is 0 Å². The fraction of sp³-hybridized carbons (Fsp3) is 0.500. The van der Waals surface area contributed by atoms with Gasteiger partial charge in [0.25, 0.3) is 0 Å². The second-order valence-electron chi connectivity index (χ2n) is 3.96. The maximum atomic E-state index is 13.7. The standard InChI is InChI=1S/C12H19FN2O2S/c1-7(12(6-16)18-3)15-10-5-11(17-2)9(14)4-8(10)13/h4-5,7,12,15-16H,6,14H2,1-3H3. The summed E-state index contributed by atoms with van der Waals surface area (Å²) in [4.78, 5) is 0. The lowest BCUT2D eigenvalue weighted by Crippen LogP contribution is -2.31. The van der Waals surface area contributed by atoms with Crippen LogP contribution >= 0.6 is 11.8 Å². The van der Waals surface area contributed by atoms with Crippen molar-refractivity contribution >= 4 is 23.1 Å². The number of nitrogens with one attached hydrogen (secondary N) is 1. The number of anilines is 2. The average molecular weight is 274 g/mol. The molecule has 0 aliphatic rings. The number of benzene rings is 1. The Kier molecular flexibility index (Phi) is 5.55. The van der Waals surface area contributed by atoms with Crippen molar-refractivity contribution in [2.45, 2.75) is 18.2 Å². The summed E-state index contributed by atoms with van der Waals surface area (Å²) in [6, 6.07) is 2.67. The molecule has 2 unspecified atom stereocenters. The molecule has 102 valence electrons. The summed E-state index contributed by atoms with van der Waals surface area (Å²) in [7, 11) is 1.48. The van der Waals surface area contributed by atoms with Crippen LogP contribution in [0.5, 0.6) is 5.75 Å². The highest BCUT2D eigenvalue weighted by Crippen LogP contribution is 2.29. The lowest BCUT2D eigenvalue weighted by Gasteiger charge is -2.23. The smallest absolute Gasteiger partial charge is 0.148 e. The molecule has 0 spiro atoms. The van der Waals surface area contributed by atoms with Gasteiger partial charge >= 0.3 is 0 Å². The number of nitrogen functional groups attached to an aromatic ring is 1. The van der Waals surface area contributed by atoms with E-state index >= 15 is 0 Å². The molecule has 0 saturated heterocycles. The lowest BCUT2D eigenvalue weighted by molar-refractivity contribution is 0.288. The van der Waals surface area contributed by atoms with Crippen LogP contribution in [-0.2, 0) is 0 Å². The van der Waals surface area contributed by atoms with Gasteiger partial charge in [-0.15, -0.1) is 0 Å². The van der Waals surface area contributed by atoms with Crippen LogP contribution in [0.4, 0.5) is 15.8 Å². The second kappa shape index (κ2) is 6.70. The van der Waals surface area contributed by atoms with Crippen LogP contribution < -0.4 is 15.8 Å². The summed E-state index contributed by atoms with van der Waals surface area (Å²) in [5.74, 6) is -0.00579. The summed E-state index contributed by atoms with van der Waals surface area (Å²) < 4.78 is 18.8. The predicted molar refractivity (Wildman–Crippen MR) is 74.8 cm³/mol. The zero-order chi connectivity index (χ0) is 13.7. The van der Waals surface area contributed by atoms with E-state index < -0.39 is 5.82 Å². The summed E-state index contributed by atoms with van der Waals surface area (Å²) in [5.41, 5.74) is 6.19. The minimum Gasteiger partial charge on any atom is -0.495 e. The van der Waals surface area contributed by atoms with Crippen LogP contribution in [0.25, 0.3) is 0 Å². The molecule has 0 saturated carbocycles. The van der Waals surface area contributed by atoms with Crippen molar-refractivity contribution in [2.24, 2.45) is 0 Å². The van der Waals surface area contributed by atoms with Crippen LogP contribution in [-0.4, -0.2) is 36.4 Å². The molecule has 0 fully saturated rings. The summed E-state index contributed by atoms with van der Waals surface area (Å²) >= 11 is 1.53. The number of thioether (sulfide) groups is 1. The Balaban J connectivity index is 2.90. The number of hydrogen-bond acceptors (Lipinski definition) is 5. The van der Waals surface area contributed by atoms with Gasteiger partial charge in [0, 0.05) is 23.4 Å². The van der Waals surface area contributed by atoms with E-state index in [0.717, 1.165) is 0 Å². The third-order valence-electron chi connectivity index (χ3n) is 2.74. The molecule has 1 aromatic carbocycles. The highest BCUT2D eigenvalue weighted by atomic mass is 32.2. The van der Waals surface area contributed by atoms with Crippen molar-refractivity contribution < 1.29 is 14.2 Å². The molecular formula is C12H19FN2O2S. The summed E-state index contributed by atoms with van der Waals surface area (Å²) in [5, 5.41) is 12.2. The van der Waals surface area contributed by atoms with Gasteiger partial charge in [0.2, 0.25) is 0 Å². The molecule has 4 nitrogen and oxygen atoms in total. The first-order chi connectivity index (χ1) is 8.53. The van der Waals surface area contributed by atoms with Crippen molar-refractivity contribution in [1.82, 2.24) is 0 Å². The van der Waals surface area contributed by atoms with E-state index in [-0.39, 0.29) is 23.6 Å². The third-order valence-corrected chi connectivity index (χ3v) is 3.91. The molecule has 0 aliphatic carbocycles. The van der Waals surface area contributed by atoms with Crippen LogP contribution in [0.1, 0.15) is 6.92 Å². The Hall–Kier alpha value is -1.14. The van der Waals surface area contributed by atoms with E-state index in [0.29, 0.717) is 11.4 Å². The molecule has 4 N–H and O–H groups in total. The van der Waals surface area contributed by atoms with Crippen molar-refractivity contribution in [2.75, 3.05) is 31.0 Å². The van der Waals surface area contributed by atoms with Gasteiger partial charge < -0.3 is 20.9 Å². The maximum Gasteiger partial charge on any atom is 0.148 e. The van der Waals surface area contributed by atoms with E-state index in [4.69, 9.17) is 10.5 Å². The van der Waals surface area contributed by atoms with E-state index in [1.165, 1.54) is 31.0 Å². The van der Waals surface area contributed by atoms with E-state index in [1.807, 2.05) is 13.2 Å². The monoisotopic (exact) mass is 274 g/mol. The largest absolute Gasteiger partial charge is 0.495 e. The van der Waals surface area contributed by atoms with Crippen molar-refractivity contribution in [3.63, 3.8) is 0 Å². The van der Waals surface area contributed by atoms with Crippen LogP contribution in [0.3, 0.4) is 0 Å². The highest BCUT2D eigenvalue weighted by Gasteiger charge is 2.17. The summed E-state index contributed by atoms with van der Waals surface area (Å²) in [6.45, 7) is 1.92. The Morgan fingerprint density at radius 2 is 2.22 bits per heavy atom. The molecular weight excluding hydrogens is 255 g/mol. The minimum atomic E-state index is -0.432. The van der Waals surface area contributed by atoms with Gasteiger partial charge in [0.05, 0.1) is 25.1 Å². The molecule has 2 atom stereocenters. The molecule has 0 heterocycles. The molecule has 0 aliphatic heterocycles. The zero-order valence-electron chi connectivity index (χ0n) is 10.7. The number of aliphatic hydroxyl groups is 1. The van der Waals surface area contributed by atoms with Crippen LogP contribution in [0.15, 0.2) is 12.1 Å². The zero-order valence-corrected chi connectivity index (χ0v) is 11.6. The Labute approximate surface area is 111 Å². The number of nitrogens with two attached hydrogens (primary N) is 1. The van der Waals surface area contributed by atoms with E-state index in [1.54, 1.807) is 0 Å². The quantitative estimate of drug-likeness (QED) is 0.692. The van der Waals surface area contributed by atoms with Crippen LogP contribution in [0.2, 0.25) is 0 Å². The van der Waals surface area contributed by atoms with Gasteiger partial charge in [-0.2, -0.15) is 11.8 Å². The maximum absolute atomic E-state index is 13.7. The van der Waals surface area contributed by atoms with Gasteiger partial charge in [-0.05, 0) is 13.2 Å². The first-order valence-electron chi connectivity index (χ1n) is 5.56. The Morgan fingerprint density at radius 1 is 1.56 bits per heavy atom. The average Bonchev–Trinajstić information content (AvgIpc) is 2.34. The fourth-order valence-electron chi connectivity index (χ4n) is 1.63. The van der Waals surface area contributed by atoms with Gasteiger partial charge in [-0.25, -0.2) is 4.39 Å². The molecule has 0 radical (unpaired) electrons. The van der Waals surface area contributed by atoms with Gasteiger partial charge in [-0.1, -0.05) is 0 Å². The SMILES string of the molecule is COc1cc(NC(C)C(CO)SC)c(F)cc1N. The molecule has 0 aromatic heterocycles. The molecule has 1 aromatic rings. The van der Waals surface area contributed by atoms with Gasteiger partial charge in [-0.3, -0.25) is 0 Å². The highest BCUT2D eigenvalue weighted by molar-refractivity contribution is 7.99. The number of methoxy groups -OCH3 is 1.